The summed E-state index contributed by atoms with van der Waals surface area (Å²) in [6.07, 6.45) is 4.13. The van der Waals surface area contributed by atoms with Crippen LogP contribution in [0.25, 0.3) is 0 Å². The lowest BCUT2D eigenvalue weighted by molar-refractivity contribution is 0.178. The third-order valence-corrected chi connectivity index (χ3v) is 4.10. The van der Waals surface area contributed by atoms with Crippen LogP contribution in [0.3, 0.4) is 0 Å². The lowest BCUT2D eigenvalue weighted by Crippen LogP contribution is -2.23. The molecule has 2 aliphatic rings. The van der Waals surface area contributed by atoms with Gasteiger partial charge in [-0.05, 0) is 24.7 Å². The predicted molar refractivity (Wildman–Crippen MR) is 70.2 cm³/mol. The molecular formula is C13H20N4O. The summed E-state index contributed by atoms with van der Waals surface area (Å²) in [5, 5.41) is 0. The van der Waals surface area contributed by atoms with Crippen molar-refractivity contribution in [2.75, 3.05) is 30.8 Å². The summed E-state index contributed by atoms with van der Waals surface area (Å²) in [5.74, 6) is 3.87. The van der Waals surface area contributed by atoms with E-state index in [4.69, 9.17) is 10.5 Å². The molecule has 1 aromatic heterocycles. The molecule has 1 aliphatic carbocycles. The first-order valence-corrected chi connectivity index (χ1v) is 6.63. The number of nitrogens with zero attached hydrogens (tertiary/aromatic N) is 3. The fraction of sp³-hybridized carbons (Fsp3) is 0.692. The van der Waals surface area contributed by atoms with E-state index in [0.717, 1.165) is 30.7 Å². The maximum absolute atomic E-state index is 5.84. The molecular weight excluding hydrogens is 228 g/mol. The Morgan fingerprint density at radius 3 is 2.72 bits per heavy atom. The first-order chi connectivity index (χ1) is 8.76. The molecule has 1 saturated heterocycles. The normalized spacial score (nSPS) is 26.6. The fourth-order valence-electron chi connectivity index (χ4n) is 3.28. The van der Waals surface area contributed by atoms with Crippen LogP contribution < -0.4 is 10.6 Å². The third kappa shape index (κ3) is 2.14. The summed E-state index contributed by atoms with van der Waals surface area (Å²) in [6, 6.07) is 1.88. The van der Waals surface area contributed by atoms with E-state index in [-0.39, 0.29) is 0 Å². The van der Waals surface area contributed by atoms with Crippen LogP contribution in [-0.2, 0) is 11.3 Å². The molecule has 2 N–H and O–H groups in total. The summed E-state index contributed by atoms with van der Waals surface area (Å²) in [4.78, 5) is 11.1. The molecule has 0 bridgehead atoms. The summed E-state index contributed by atoms with van der Waals surface area (Å²) in [6.45, 7) is 2.65. The largest absolute Gasteiger partial charge is 0.384 e. The Morgan fingerprint density at radius 1 is 1.33 bits per heavy atom. The van der Waals surface area contributed by atoms with Crippen molar-refractivity contribution in [1.29, 1.82) is 0 Å². The maximum atomic E-state index is 5.84. The number of rotatable bonds is 3. The molecule has 2 fully saturated rings. The monoisotopic (exact) mass is 248 g/mol. The summed E-state index contributed by atoms with van der Waals surface area (Å²) in [5.41, 5.74) is 5.84. The zero-order valence-corrected chi connectivity index (χ0v) is 10.8. The highest BCUT2D eigenvalue weighted by molar-refractivity contribution is 5.48. The minimum Gasteiger partial charge on any atom is -0.384 e. The maximum Gasteiger partial charge on any atom is 0.158 e. The second-order valence-electron chi connectivity index (χ2n) is 5.36. The number of hydrogen-bond donors (Lipinski definition) is 1. The van der Waals surface area contributed by atoms with E-state index in [2.05, 4.69) is 14.9 Å². The highest BCUT2D eigenvalue weighted by Crippen LogP contribution is 2.39. The van der Waals surface area contributed by atoms with Gasteiger partial charge in [0.15, 0.2) is 5.82 Å². The van der Waals surface area contributed by atoms with Crippen LogP contribution in [0.2, 0.25) is 0 Å². The SMILES string of the molecule is COCc1nc(N)cc(N2CC3CCCC3C2)n1. The topological polar surface area (TPSA) is 64.3 Å². The van der Waals surface area contributed by atoms with Crippen LogP contribution in [-0.4, -0.2) is 30.2 Å². The molecule has 1 saturated carbocycles. The van der Waals surface area contributed by atoms with Gasteiger partial charge in [-0.15, -0.1) is 0 Å². The minimum absolute atomic E-state index is 0.415. The number of nitrogen functional groups attached to an aromatic ring is 1. The number of methoxy groups -OCH3 is 1. The van der Waals surface area contributed by atoms with Gasteiger partial charge in [0.2, 0.25) is 0 Å². The van der Waals surface area contributed by atoms with Crippen molar-refractivity contribution in [3.63, 3.8) is 0 Å². The Balaban J connectivity index is 1.79. The Bertz CT molecular complexity index is 425. The standard InChI is InChI=1S/C13H20N4O/c1-18-8-12-15-11(14)5-13(16-12)17-6-9-3-2-4-10(9)7-17/h5,9-10H,2-4,6-8H2,1H3,(H2,14,15,16). The van der Waals surface area contributed by atoms with Crippen LogP contribution >= 0.6 is 0 Å². The van der Waals surface area contributed by atoms with Crippen LogP contribution in [0.5, 0.6) is 0 Å². The quantitative estimate of drug-likeness (QED) is 0.877. The third-order valence-electron chi connectivity index (χ3n) is 4.10. The number of anilines is 2. The molecule has 2 unspecified atom stereocenters. The Labute approximate surface area is 107 Å². The van der Waals surface area contributed by atoms with Gasteiger partial charge in [-0.1, -0.05) is 6.42 Å². The van der Waals surface area contributed by atoms with Crippen molar-refractivity contribution in [3.05, 3.63) is 11.9 Å². The van der Waals surface area contributed by atoms with Crippen molar-refractivity contribution in [1.82, 2.24) is 9.97 Å². The Hall–Kier alpha value is -1.36. The lowest BCUT2D eigenvalue weighted by Gasteiger charge is -2.19. The molecule has 0 aromatic carbocycles. The molecule has 0 amide bonds. The van der Waals surface area contributed by atoms with Crippen molar-refractivity contribution < 1.29 is 4.74 Å². The highest BCUT2D eigenvalue weighted by atomic mass is 16.5. The summed E-state index contributed by atoms with van der Waals surface area (Å²) < 4.78 is 5.08. The Morgan fingerprint density at radius 2 is 2.06 bits per heavy atom. The smallest absolute Gasteiger partial charge is 0.158 e. The van der Waals surface area contributed by atoms with Crippen LogP contribution in [0, 0.1) is 11.8 Å². The van der Waals surface area contributed by atoms with Gasteiger partial charge in [-0.3, -0.25) is 0 Å². The van der Waals surface area contributed by atoms with Crippen molar-refractivity contribution in [2.24, 2.45) is 11.8 Å². The average Bonchev–Trinajstić information content (AvgIpc) is 2.88. The molecule has 1 aromatic rings. The number of ether oxygens (including phenoxy) is 1. The predicted octanol–water partition coefficient (Wildman–Crippen LogP) is 1.44. The van der Waals surface area contributed by atoms with E-state index >= 15 is 0 Å². The molecule has 5 heteroatoms. The first kappa shape index (κ1) is 11.7. The van der Waals surface area contributed by atoms with E-state index in [1.54, 1.807) is 7.11 Å². The molecule has 3 rings (SSSR count). The molecule has 1 aliphatic heterocycles. The molecule has 0 radical (unpaired) electrons. The van der Waals surface area contributed by atoms with Gasteiger partial charge < -0.3 is 15.4 Å². The van der Waals surface area contributed by atoms with Crippen LogP contribution in [0.15, 0.2) is 6.07 Å². The number of aromatic nitrogens is 2. The molecule has 5 nitrogen and oxygen atoms in total. The Kier molecular flexibility index (Phi) is 3.07. The van der Waals surface area contributed by atoms with Gasteiger partial charge in [0, 0.05) is 26.3 Å². The summed E-state index contributed by atoms with van der Waals surface area (Å²) >= 11 is 0. The van der Waals surface area contributed by atoms with Gasteiger partial charge in [0.05, 0.1) is 0 Å². The van der Waals surface area contributed by atoms with E-state index in [1.807, 2.05) is 6.07 Å². The zero-order chi connectivity index (χ0) is 12.5. The number of fused-ring (bicyclic) bond motifs is 1. The van der Waals surface area contributed by atoms with Crippen molar-refractivity contribution in [3.8, 4) is 0 Å². The van der Waals surface area contributed by atoms with Gasteiger partial charge >= 0.3 is 0 Å². The highest BCUT2D eigenvalue weighted by Gasteiger charge is 2.36. The zero-order valence-electron chi connectivity index (χ0n) is 10.8. The van der Waals surface area contributed by atoms with Crippen molar-refractivity contribution in [2.45, 2.75) is 25.9 Å². The molecule has 2 heterocycles. The average molecular weight is 248 g/mol. The minimum atomic E-state index is 0.415. The second-order valence-corrected chi connectivity index (χ2v) is 5.36. The fourth-order valence-corrected chi connectivity index (χ4v) is 3.28. The van der Waals surface area contributed by atoms with Crippen LogP contribution in [0.1, 0.15) is 25.1 Å². The first-order valence-electron chi connectivity index (χ1n) is 6.63. The second kappa shape index (κ2) is 4.72. The molecule has 2 atom stereocenters. The van der Waals surface area contributed by atoms with E-state index in [0.29, 0.717) is 18.2 Å². The molecule has 98 valence electrons. The number of nitrogens with two attached hydrogens (primary N) is 1. The number of hydrogen-bond acceptors (Lipinski definition) is 5. The van der Waals surface area contributed by atoms with E-state index in [1.165, 1.54) is 19.3 Å². The molecule has 18 heavy (non-hydrogen) atoms. The van der Waals surface area contributed by atoms with Gasteiger partial charge in [-0.2, -0.15) is 0 Å². The van der Waals surface area contributed by atoms with Crippen molar-refractivity contribution >= 4 is 11.6 Å². The molecule has 0 spiro atoms. The van der Waals surface area contributed by atoms with Gasteiger partial charge in [0.1, 0.15) is 18.2 Å². The summed E-state index contributed by atoms with van der Waals surface area (Å²) in [7, 11) is 1.65. The van der Waals surface area contributed by atoms with Crippen LogP contribution in [0.4, 0.5) is 11.6 Å². The lowest BCUT2D eigenvalue weighted by atomic mass is 10.0. The van der Waals surface area contributed by atoms with Gasteiger partial charge in [0.25, 0.3) is 0 Å². The van der Waals surface area contributed by atoms with Gasteiger partial charge in [-0.25, -0.2) is 9.97 Å². The van der Waals surface area contributed by atoms with E-state index in [9.17, 15) is 0 Å². The van der Waals surface area contributed by atoms with E-state index < -0.39 is 0 Å².